The lowest BCUT2D eigenvalue weighted by atomic mass is 10.0. The van der Waals surface area contributed by atoms with Crippen molar-refractivity contribution in [2.24, 2.45) is 0 Å². The van der Waals surface area contributed by atoms with E-state index in [0.29, 0.717) is 29.0 Å². The number of hydrogen-bond donors (Lipinski definition) is 2. The Kier molecular flexibility index (Phi) is 4.03. The number of halogens is 1. The van der Waals surface area contributed by atoms with Gasteiger partial charge in [-0.3, -0.25) is 14.7 Å². The van der Waals surface area contributed by atoms with Crippen molar-refractivity contribution in [1.82, 2.24) is 14.8 Å². The van der Waals surface area contributed by atoms with Gasteiger partial charge >= 0.3 is 0 Å². The molecule has 2 heterocycles. The number of fused-ring (bicyclic) bond motifs is 1. The number of aryl methyl sites for hydroxylation is 2. The second-order valence-electron chi connectivity index (χ2n) is 6.70. The van der Waals surface area contributed by atoms with Gasteiger partial charge in [-0.1, -0.05) is 29.8 Å². The number of nitrogens with one attached hydrogen (secondary N) is 2. The number of H-pyrrole nitrogens is 2. The average molecular weight is 363 g/mol. The van der Waals surface area contributed by atoms with Gasteiger partial charge in [-0.05, 0) is 43.7 Å². The molecule has 0 saturated heterocycles. The van der Waals surface area contributed by atoms with Gasteiger partial charge < -0.3 is 4.98 Å². The Morgan fingerprint density at radius 1 is 0.963 bits per heavy atom. The van der Waals surface area contributed by atoms with E-state index in [2.05, 4.69) is 10.1 Å². The molecule has 0 radical (unpaired) electrons. The van der Waals surface area contributed by atoms with Crippen molar-refractivity contribution in [3.05, 3.63) is 97.3 Å². The lowest BCUT2D eigenvalue weighted by molar-refractivity contribution is 0.627. The third-order valence-corrected chi connectivity index (χ3v) is 4.74. The minimum atomic E-state index is -0.456. The van der Waals surface area contributed by atoms with Crippen molar-refractivity contribution in [3.8, 4) is 5.69 Å². The number of aromatic nitrogens is 3. The molecule has 2 aromatic heterocycles. The van der Waals surface area contributed by atoms with E-state index in [-0.39, 0.29) is 10.8 Å². The Balaban J connectivity index is 1.87. The normalized spacial score (nSPS) is 11.2. The van der Waals surface area contributed by atoms with Crippen LogP contribution >= 0.6 is 0 Å². The van der Waals surface area contributed by atoms with Crippen LogP contribution in [0.25, 0.3) is 16.7 Å². The van der Waals surface area contributed by atoms with Crippen LogP contribution in [0.2, 0.25) is 0 Å². The lowest BCUT2D eigenvalue weighted by Crippen LogP contribution is -2.21. The quantitative estimate of drug-likeness (QED) is 0.586. The summed E-state index contributed by atoms with van der Waals surface area (Å²) in [5, 5.41) is 2.98. The van der Waals surface area contributed by atoms with Gasteiger partial charge in [0.15, 0.2) is 5.43 Å². The van der Waals surface area contributed by atoms with Crippen LogP contribution in [0.3, 0.4) is 0 Å². The molecule has 5 nitrogen and oxygen atoms in total. The molecular weight excluding hydrogens is 345 g/mol. The topological polar surface area (TPSA) is 70.7 Å². The Labute approximate surface area is 154 Å². The summed E-state index contributed by atoms with van der Waals surface area (Å²) in [6, 6.07) is 13.4. The second-order valence-corrected chi connectivity index (χ2v) is 6.70. The molecule has 0 unspecified atom stereocenters. The highest BCUT2D eigenvalue weighted by molar-refractivity contribution is 5.75. The van der Waals surface area contributed by atoms with Gasteiger partial charge in [0.25, 0.3) is 5.56 Å². The van der Waals surface area contributed by atoms with Crippen molar-refractivity contribution in [2.75, 3.05) is 0 Å². The van der Waals surface area contributed by atoms with Crippen LogP contribution in [-0.4, -0.2) is 14.8 Å². The molecule has 0 aliphatic carbocycles. The number of benzene rings is 2. The first kappa shape index (κ1) is 17.0. The van der Waals surface area contributed by atoms with Gasteiger partial charge in [-0.25, -0.2) is 9.07 Å². The fourth-order valence-corrected chi connectivity index (χ4v) is 3.22. The molecule has 2 N–H and O–H groups in total. The van der Waals surface area contributed by atoms with Gasteiger partial charge in [0, 0.05) is 17.7 Å². The predicted molar refractivity (Wildman–Crippen MR) is 103 cm³/mol. The van der Waals surface area contributed by atoms with E-state index < -0.39 is 11.4 Å². The Bertz CT molecular complexity index is 1250. The van der Waals surface area contributed by atoms with Gasteiger partial charge in [0.1, 0.15) is 16.9 Å². The Hall–Kier alpha value is -3.41. The molecule has 0 fully saturated rings. The van der Waals surface area contributed by atoms with E-state index in [1.807, 2.05) is 38.1 Å². The zero-order valence-electron chi connectivity index (χ0n) is 15.0. The smallest absolute Gasteiger partial charge is 0.284 e. The summed E-state index contributed by atoms with van der Waals surface area (Å²) >= 11 is 0. The highest BCUT2D eigenvalue weighted by Gasteiger charge is 2.17. The standard InChI is InChI=1S/C21H18FN3O2/c1-12-3-5-14(6-4-12)11-17-13(2)23-20-18(19(17)26)21(27)25(24-20)16-9-7-15(22)8-10-16/h3-10H,11H2,1-2H3,(H2,23,24,26). The molecule has 136 valence electrons. The number of aromatic amines is 2. The van der Waals surface area contributed by atoms with E-state index in [0.717, 1.165) is 11.1 Å². The maximum Gasteiger partial charge on any atom is 0.284 e. The van der Waals surface area contributed by atoms with Crippen LogP contribution < -0.4 is 11.0 Å². The number of pyridine rings is 1. The highest BCUT2D eigenvalue weighted by atomic mass is 19.1. The summed E-state index contributed by atoms with van der Waals surface area (Å²) in [6.07, 6.45) is 0.443. The molecule has 6 heteroatoms. The van der Waals surface area contributed by atoms with Crippen molar-refractivity contribution in [3.63, 3.8) is 0 Å². The largest absolute Gasteiger partial charge is 0.343 e. The molecular formula is C21H18FN3O2. The molecule has 0 aliphatic rings. The van der Waals surface area contributed by atoms with Crippen molar-refractivity contribution < 1.29 is 4.39 Å². The highest BCUT2D eigenvalue weighted by Crippen LogP contribution is 2.14. The zero-order chi connectivity index (χ0) is 19.1. The van der Waals surface area contributed by atoms with E-state index in [4.69, 9.17) is 0 Å². The van der Waals surface area contributed by atoms with E-state index >= 15 is 0 Å². The minimum absolute atomic E-state index is 0.0760. The summed E-state index contributed by atoms with van der Waals surface area (Å²) in [5.74, 6) is -0.393. The molecule has 0 aliphatic heterocycles. The lowest BCUT2D eigenvalue weighted by Gasteiger charge is -2.06. The summed E-state index contributed by atoms with van der Waals surface area (Å²) in [4.78, 5) is 29.0. The summed E-state index contributed by atoms with van der Waals surface area (Å²) < 4.78 is 14.4. The van der Waals surface area contributed by atoms with Gasteiger partial charge in [0.2, 0.25) is 0 Å². The van der Waals surface area contributed by atoms with Crippen LogP contribution in [0.4, 0.5) is 4.39 Å². The first-order chi connectivity index (χ1) is 12.9. The van der Waals surface area contributed by atoms with Crippen LogP contribution in [0.5, 0.6) is 0 Å². The molecule has 0 saturated carbocycles. The van der Waals surface area contributed by atoms with Gasteiger partial charge in [-0.2, -0.15) is 0 Å². The monoisotopic (exact) mass is 363 g/mol. The van der Waals surface area contributed by atoms with Crippen LogP contribution in [-0.2, 0) is 6.42 Å². The van der Waals surface area contributed by atoms with Gasteiger partial charge in [0.05, 0.1) is 5.69 Å². The van der Waals surface area contributed by atoms with Crippen molar-refractivity contribution >= 4 is 11.0 Å². The first-order valence-corrected chi connectivity index (χ1v) is 8.62. The molecule has 0 amide bonds. The van der Waals surface area contributed by atoms with Crippen molar-refractivity contribution in [2.45, 2.75) is 20.3 Å². The van der Waals surface area contributed by atoms with Crippen LogP contribution in [0.15, 0.2) is 58.1 Å². The first-order valence-electron chi connectivity index (χ1n) is 8.62. The predicted octanol–water partition coefficient (Wildman–Crippen LogP) is 3.35. The number of rotatable bonds is 3. The zero-order valence-corrected chi connectivity index (χ0v) is 15.0. The van der Waals surface area contributed by atoms with Crippen LogP contribution in [0, 0.1) is 19.7 Å². The Morgan fingerprint density at radius 2 is 1.63 bits per heavy atom. The summed E-state index contributed by atoms with van der Waals surface area (Å²) in [7, 11) is 0. The maximum atomic E-state index is 13.2. The summed E-state index contributed by atoms with van der Waals surface area (Å²) in [6.45, 7) is 3.82. The third kappa shape index (κ3) is 2.99. The van der Waals surface area contributed by atoms with Gasteiger partial charge in [-0.15, -0.1) is 0 Å². The molecule has 0 spiro atoms. The third-order valence-electron chi connectivity index (χ3n) is 4.74. The second kappa shape index (κ2) is 6.39. The van der Waals surface area contributed by atoms with E-state index in [9.17, 15) is 14.0 Å². The van der Waals surface area contributed by atoms with E-state index in [1.54, 1.807) is 0 Å². The van der Waals surface area contributed by atoms with Crippen LogP contribution in [0.1, 0.15) is 22.4 Å². The number of hydrogen-bond acceptors (Lipinski definition) is 2. The van der Waals surface area contributed by atoms with Crippen molar-refractivity contribution in [1.29, 1.82) is 0 Å². The molecule has 4 rings (SSSR count). The fourth-order valence-electron chi connectivity index (χ4n) is 3.22. The maximum absolute atomic E-state index is 13.2. The Morgan fingerprint density at radius 3 is 2.30 bits per heavy atom. The summed E-state index contributed by atoms with van der Waals surface area (Å²) in [5.41, 5.74) is 3.50. The fraction of sp³-hybridized carbons (Fsp3) is 0.143. The molecule has 0 atom stereocenters. The molecule has 27 heavy (non-hydrogen) atoms. The molecule has 0 bridgehead atoms. The average Bonchev–Trinajstić information content (AvgIpc) is 2.97. The number of nitrogens with zero attached hydrogens (tertiary/aromatic N) is 1. The SMILES string of the molecule is Cc1ccc(Cc2c(C)[nH]c3[nH]n(-c4ccc(F)cc4)c(=O)c3c2=O)cc1. The minimum Gasteiger partial charge on any atom is -0.343 e. The molecule has 2 aromatic carbocycles. The van der Waals surface area contributed by atoms with E-state index in [1.165, 1.54) is 28.9 Å². The molecule has 4 aromatic rings.